The standard InChI is InChI=1S/C5H7NO3/c1-3(7)5-6-2-4(8)9-5/h3,7H,2H2,1H3. The summed E-state index contributed by atoms with van der Waals surface area (Å²) in [4.78, 5) is 13.9. The summed E-state index contributed by atoms with van der Waals surface area (Å²) >= 11 is 0. The van der Waals surface area contributed by atoms with E-state index < -0.39 is 12.1 Å². The molecule has 0 aromatic heterocycles. The first-order valence-corrected chi connectivity index (χ1v) is 2.63. The first kappa shape index (κ1) is 6.22. The number of aliphatic hydroxyl groups excluding tert-OH is 1. The summed E-state index contributed by atoms with van der Waals surface area (Å²) in [5.41, 5.74) is 0. The van der Waals surface area contributed by atoms with E-state index in [2.05, 4.69) is 9.73 Å². The van der Waals surface area contributed by atoms with E-state index in [-0.39, 0.29) is 12.4 Å². The first-order valence-electron chi connectivity index (χ1n) is 2.63. The van der Waals surface area contributed by atoms with Gasteiger partial charge in [0.15, 0.2) is 0 Å². The van der Waals surface area contributed by atoms with Gasteiger partial charge < -0.3 is 9.84 Å². The molecule has 0 spiro atoms. The molecule has 1 N–H and O–H groups in total. The van der Waals surface area contributed by atoms with Gasteiger partial charge in [-0.3, -0.25) is 0 Å². The molecule has 1 heterocycles. The van der Waals surface area contributed by atoms with Crippen LogP contribution >= 0.6 is 0 Å². The van der Waals surface area contributed by atoms with Crippen LogP contribution in [0.15, 0.2) is 4.99 Å². The molecule has 0 radical (unpaired) electrons. The number of esters is 1. The van der Waals surface area contributed by atoms with E-state index in [0.717, 1.165) is 0 Å². The Bertz CT molecular complexity index is 162. The van der Waals surface area contributed by atoms with E-state index in [4.69, 9.17) is 5.11 Å². The molecule has 4 nitrogen and oxygen atoms in total. The van der Waals surface area contributed by atoms with Crippen molar-refractivity contribution in [2.24, 2.45) is 4.99 Å². The van der Waals surface area contributed by atoms with Crippen LogP contribution in [-0.4, -0.2) is 29.6 Å². The van der Waals surface area contributed by atoms with Crippen LogP contribution in [0, 0.1) is 0 Å². The minimum absolute atomic E-state index is 0.0419. The molecule has 9 heavy (non-hydrogen) atoms. The summed E-state index contributed by atoms with van der Waals surface area (Å²) < 4.78 is 4.48. The van der Waals surface area contributed by atoms with E-state index in [9.17, 15) is 4.79 Å². The van der Waals surface area contributed by atoms with Crippen LogP contribution in [0.3, 0.4) is 0 Å². The van der Waals surface area contributed by atoms with Crippen LogP contribution in [0.25, 0.3) is 0 Å². The first-order chi connectivity index (χ1) is 4.20. The van der Waals surface area contributed by atoms with Gasteiger partial charge in [-0.2, -0.15) is 0 Å². The van der Waals surface area contributed by atoms with Crippen molar-refractivity contribution < 1.29 is 14.6 Å². The van der Waals surface area contributed by atoms with E-state index in [1.54, 1.807) is 0 Å². The molecule has 0 fully saturated rings. The topological polar surface area (TPSA) is 58.9 Å². The van der Waals surface area contributed by atoms with Gasteiger partial charge in [0, 0.05) is 0 Å². The Balaban J connectivity index is 2.55. The number of aliphatic hydroxyl groups is 1. The fourth-order valence-corrected chi connectivity index (χ4v) is 0.541. The zero-order valence-electron chi connectivity index (χ0n) is 5.00. The van der Waals surface area contributed by atoms with Crippen molar-refractivity contribution in [2.75, 3.05) is 6.54 Å². The van der Waals surface area contributed by atoms with E-state index in [1.807, 2.05) is 0 Å². The Morgan fingerprint density at radius 2 is 2.56 bits per heavy atom. The van der Waals surface area contributed by atoms with Gasteiger partial charge in [0.1, 0.15) is 12.6 Å². The lowest BCUT2D eigenvalue weighted by Gasteiger charge is -1.99. The molecule has 50 valence electrons. The minimum atomic E-state index is -0.767. The number of hydrogen-bond donors (Lipinski definition) is 1. The molecular formula is C5H7NO3. The van der Waals surface area contributed by atoms with Crippen LogP contribution < -0.4 is 0 Å². The van der Waals surface area contributed by atoms with Crippen LogP contribution in [-0.2, 0) is 9.53 Å². The molecule has 0 bridgehead atoms. The lowest BCUT2D eigenvalue weighted by Crippen LogP contribution is -2.17. The molecule has 0 aliphatic carbocycles. The predicted octanol–water partition coefficient (Wildman–Crippen LogP) is -0.678. The smallest absolute Gasteiger partial charge is 0.334 e. The Labute approximate surface area is 52.2 Å². The monoisotopic (exact) mass is 129 g/mol. The van der Waals surface area contributed by atoms with Gasteiger partial charge in [0.05, 0.1) is 0 Å². The lowest BCUT2D eigenvalue weighted by molar-refractivity contribution is -0.132. The largest absolute Gasteiger partial charge is 0.408 e. The molecular weight excluding hydrogens is 122 g/mol. The van der Waals surface area contributed by atoms with Crippen molar-refractivity contribution in [3.05, 3.63) is 0 Å². The molecule has 1 atom stereocenters. The highest BCUT2D eigenvalue weighted by Crippen LogP contribution is 1.99. The fourth-order valence-electron chi connectivity index (χ4n) is 0.541. The normalized spacial score (nSPS) is 21.1. The molecule has 0 saturated heterocycles. The number of nitrogens with zero attached hydrogens (tertiary/aromatic N) is 1. The van der Waals surface area contributed by atoms with Gasteiger partial charge in [-0.25, -0.2) is 9.79 Å². The number of cyclic esters (lactones) is 1. The van der Waals surface area contributed by atoms with E-state index in [1.165, 1.54) is 6.92 Å². The van der Waals surface area contributed by atoms with Gasteiger partial charge in [-0.15, -0.1) is 0 Å². The predicted molar refractivity (Wildman–Crippen MR) is 30.1 cm³/mol. The molecule has 4 heteroatoms. The maximum Gasteiger partial charge on any atom is 0.334 e. The maximum atomic E-state index is 10.3. The van der Waals surface area contributed by atoms with Crippen molar-refractivity contribution in [3.8, 4) is 0 Å². The second-order valence-electron chi connectivity index (χ2n) is 1.80. The summed E-state index contributed by atoms with van der Waals surface area (Å²) in [7, 11) is 0. The average Bonchev–Trinajstić information content (AvgIpc) is 2.14. The SMILES string of the molecule is CC(O)C1=NCC(=O)O1. The summed E-state index contributed by atoms with van der Waals surface area (Å²) in [6.07, 6.45) is -0.767. The number of hydrogen-bond acceptors (Lipinski definition) is 4. The van der Waals surface area contributed by atoms with Crippen molar-refractivity contribution in [2.45, 2.75) is 13.0 Å². The molecule has 0 aromatic rings. The zero-order chi connectivity index (χ0) is 6.85. The third-order valence-corrected chi connectivity index (χ3v) is 0.940. The third-order valence-electron chi connectivity index (χ3n) is 0.940. The van der Waals surface area contributed by atoms with Crippen LogP contribution in [0.2, 0.25) is 0 Å². The van der Waals surface area contributed by atoms with Crippen LogP contribution in [0.4, 0.5) is 0 Å². The highest BCUT2D eigenvalue weighted by atomic mass is 16.6. The van der Waals surface area contributed by atoms with Crippen molar-refractivity contribution in [1.29, 1.82) is 0 Å². The van der Waals surface area contributed by atoms with E-state index in [0.29, 0.717) is 0 Å². The quantitative estimate of drug-likeness (QED) is 0.477. The summed E-state index contributed by atoms with van der Waals surface area (Å²) in [5.74, 6) is -0.272. The summed E-state index contributed by atoms with van der Waals surface area (Å²) in [6, 6.07) is 0. The van der Waals surface area contributed by atoms with Crippen molar-refractivity contribution >= 4 is 11.9 Å². The number of carbonyl (C=O) groups is 1. The van der Waals surface area contributed by atoms with E-state index >= 15 is 0 Å². The van der Waals surface area contributed by atoms with Gasteiger partial charge in [0.25, 0.3) is 0 Å². The highest BCUT2D eigenvalue weighted by Gasteiger charge is 2.19. The fraction of sp³-hybridized carbons (Fsp3) is 0.600. The summed E-state index contributed by atoms with van der Waals surface area (Å²) in [6.45, 7) is 1.54. The number of ether oxygens (including phenoxy) is 1. The Hall–Kier alpha value is -0.900. The molecule has 1 unspecified atom stereocenters. The average molecular weight is 129 g/mol. The Morgan fingerprint density at radius 1 is 1.89 bits per heavy atom. The maximum absolute atomic E-state index is 10.3. The Morgan fingerprint density at radius 3 is 2.78 bits per heavy atom. The highest BCUT2D eigenvalue weighted by molar-refractivity contribution is 5.96. The van der Waals surface area contributed by atoms with Crippen molar-refractivity contribution in [1.82, 2.24) is 0 Å². The molecule has 1 rings (SSSR count). The van der Waals surface area contributed by atoms with Gasteiger partial charge in [-0.1, -0.05) is 0 Å². The Kier molecular flexibility index (Phi) is 1.48. The van der Waals surface area contributed by atoms with Gasteiger partial charge in [-0.05, 0) is 6.92 Å². The second-order valence-corrected chi connectivity index (χ2v) is 1.80. The summed E-state index contributed by atoms with van der Waals surface area (Å²) in [5, 5.41) is 8.76. The van der Waals surface area contributed by atoms with Gasteiger partial charge in [0.2, 0.25) is 5.90 Å². The molecule has 0 saturated carbocycles. The van der Waals surface area contributed by atoms with Crippen molar-refractivity contribution in [3.63, 3.8) is 0 Å². The lowest BCUT2D eigenvalue weighted by atomic mass is 10.4. The number of rotatable bonds is 1. The molecule has 0 aromatic carbocycles. The molecule has 1 aliphatic heterocycles. The number of carbonyl (C=O) groups excluding carboxylic acids is 1. The van der Waals surface area contributed by atoms with Crippen LogP contribution in [0.5, 0.6) is 0 Å². The zero-order valence-corrected chi connectivity index (χ0v) is 5.00. The second kappa shape index (κ2) is 2.14. The number of aliphatic imine (C=N–C) groups is 1. The van der Waals surface area contributed by atoms with Gasteiger partial charge >= 0.3 is 5.97 Å². The minimum Gasteiger partial charge on any atom is -0.408 e. The molecule has 1 aliphatic rings. The van der Waals surface area contributed by atoms with Crippen LogP contribution in [0.1, 0.15) is 6.92 Å². The molecule has 0 amide bonds. The third kappa shape index (κ3) is 1.26.